The molecule has 0 saturated carbocycles. The molecule has 0 saturated heterocycles. The van der Waals surface area contributed by atoms with Gasteiger partial charge in [-0.05, 0) is 32.1 Å². The minimum Gasteiger partial charge on any atom is -0.393 e. The van der Waals surface area contributed by atoms with Crippen LogP contribution in [0.2, 0.25) is 0 Å². The zero-order valence-corrected chi connectivity index (χ0v) is 33.9. The highest BCUT2D eigenvalue weighted by Crippen LogP contribution is 2.43. The molecule has 0 aliphatic carbocycles. The van der Waals surface area contributed by atoms with Gasteiger partial charge in [0.25, 0.3) is 0 Å². The number of hydrogen-bond acceptors (Lipinski definition) is 7. The molecule has 0 aromatic heterocycles. The smallest absolute Gasteiger partial charge is 0.393 e. The molecular weight excluding hydrogens is 663 g/mol. The summed E-state index contributed by atoms with van der Waals surface area (Å²) in [5, 5.41) is 24.0. The van der Waals surface area contributed by atoms with Gasteiger partial charge in [-0.15, -0.1) is 0 Å². The molecule has 4 unspecified atom stereocenters. The maximum Gasteiger partial charge on any atom is 0.472 e. The van der Waals surface area contributed by atoms with E-state index in [-0.39, 0.29) is 19.6 Å². The van der Waals surface area contributed by atoms with Crippen LogP contribution in [-0.4, -0.2) is 59.0 Å². The van der Waals surface area contributed by atoms with Crippen molar-refractivity contribution in [3.05, 3.63) is 24.3 Å². The lowest BCUT2D eigenvalue weighted by Crippen LogP contribution is -2.46. The molecule has 1 amide bonds. The maximum atomic E-state index is 12.8. The topological polar surface area (TPSA) is 151 Å². The van der Waals surface area contributed by atoms with Crippen LogP contribution in [0.5, 0.6) is 0 Å². The van der Waals surface area contributed by atoms with Gasteiger partial charge < -0.3 is 26.2 Å². The van der Waals surface area contributed by atoms with Crippen molar-refractivity contribution in [2.45, 2.75) is 212 Å². The summed E-state index contributed by atoms with van der Waals surface area (Å²) in [7, 11) is -4.40. The molecule has 0 heterocycles. The molecule has 0 bridgehead atoms. The van der Waals surface area contributed by atoms with E-state index < -0.39 is 38.6 Å². The van der Waals surface area contributed by atoms with Gasteiger partial charge in [0.2, 0.25) is 5.91 Å². The molecule has 0 aliphatic rings. The molecule has 10 heteroatoms. The summed E-state index contributed by atoms with van der Waals surface area (Å²) in [5.41, 5.74) is 5.35. The van der Waals surface area contributed by atoms with E-state index in [1.807, 2.05) is 6.08 Å². The Hall–Kier alpha value is -1.06. The number of nitrogens with one attached hydrogen (secondary N) is 1. The lowest BCUT2D eigenvalue weighted by molar-refractivity contribution is -0.124. The Balaban J connectivity index is 4.41. The van der Waals surface area contributed by atoms with Gasteiger partial charge in [-0.25, -0.2) is 4.57 Å². The summed E-state index contributed by atoms with van der Waals surface area (Å²) in [6.07, 6.45) is 38.3. The minimum atomic E-state index is -4.40. The third-order valence-electron chi connectivity index (χ3n) is 9.33. The molecule has 0 fully saturated rings. The van der Waals surface area contributed by atoms with E-state index in [0.29, 0.717) is 12.8 Å². The van der Waals surface area contributed by atoms with Crippen LogP contribution in [-0.2, 0) is 18.4 Å². The van der Waals surface area contributed by atoms with Crippen molar-refractivity contribution in [2.24, 2.45) is 5.73 Å². The van der Waals surface area contributed by atoms with E-state index >= 15 is 0 Å². The predicted octanol–water partition coefficient (Wildman–Crippen LogP) is 10.4. The first kappa shape index (κ1) is 49.9. The Labute approximate surface area is 313 Å². The van der Waals surface area contributed by atoms with Gasteiger partial charge >= 0.3 is 7.82 Å². The van der Waals surface area contributed by atoms with Crippen molar-refractivity contribution in [1.29, 1.82) is 0 Å². The largest absolute Gasteiger partial charge is 0.472 e. The molecule has 4 atom stereocenters. The van der Waals surface area contributed by atoms with Gasteiger partial charge in [0.1, 0.15) is 0 Å². The Morgan fingerprint density at radius 2 is 1.12 bits per heavy atom. The highest BCUT2D eigenvalue weighted by molar-refractivity contribution is 7.47. The van der Waals surface area contributed by atoms with Gasteiger partial charge in [-0.3, -0.25) is 13.8 Å². The fourth-order valence-electron chi connectivity index (χ4n) is 6.13. The molecule has 6 N–H and O–H groups in total. The van der Waals surface area contributed by atoms with E-state index in [9.17, 15) is 24.5 Å². The van der Waals surface area contributed by atoms with E-state index in [0.717, 1.165) is 32.1 Å². The molecule has 0 spiro atoms. The number of carbonyl (C=O) groups excluding carboxylic acids is 1. The second kappa shape index (κ2) is 37.3. The van der Waals surface area contributed by atoms with E-state index in [2.05, 4.69) is 31.3 Å². The summed E-state index contributed by atoms with van der Waals surface area (Å²) in [5.74, 6) is -0.455. The second-order valence-electron chi connectivity index (χ2n) is 14.4. The Morgan fingerprint density at radius 3 is 1.63 bits per heavy atom. The van der Waals surface area contributed by atoms with Crippen molar-refractivity contribution in [1.82, 2.24) is 5.32 Å². The van der Waals surface area contributed by atoms with Crippen LogP contribution >= 0.6 is 7.82 Å². The number of carbonyl (C=O) groups is 1. The predicted molar refractivity (Wildman–Crippen MR) is 214 cm³/mol. The number of hydrogen-bond donors (Lipinski definition) is 5. The van der Waals surface area contributed by atoms with Gasteiger partial charge in [0.15, 0.2) is 0 Å². The summed E-state index contributed by atoms with van der Waals surface area (Å²) >= 11 is 0. The quantitative estimate of drug-likeness (QED) is 0.0237. The number of amides is 1. The van der Waals surface area contributed by atoms with Crippen LogP contribution in [0.4, 0.5) is 0 Å². The van der Waals surface area contributed by atoms with Crippen LogP contribution in [0, 0.1) is 0 Å². The summed E-state index contributed by atoms with van der Waals surface area (Å²) in [4.78, 5) is 22.7. The van der Waals surface area contributed by atoms with E-state index in [1.54, 1.807) is 6.08 Å². The zero-order valence-electron chi connectivity index (χ0n) is 33.0. The van der Waals surface area contributed by atoms with E-state index in [4.69, 9.17) is 14.8 Å². The van der Waals surface area contributed by atoms with Crippen LogP contribution in [0.25, 0.3) is 0 Å². The monoisotopic (exact) mass is 745 g/mol. The van der Waals surface area contributed by atoms with Crippen molar-refractivity contribution in [2.75, 3.05) is 19.8 Å². The Morgan fingerprint density at radius 1 is 0.667 bits per heavy atom. The van der Waals surface area contributed by atoms with E-state index in [1.165, 1.54) is 128 Å². The first-order chi connectivity index (χ1) is 24.8. The number of phosphoric acid groups is 1. The number of nitrogens with two attached hydrogens (primary N) is 1. The van der Waals surface area contributed by atoms with Crippen molar-refractivity contribution in [3.8, 4) is 0 Å². The lowest BCUT2D eigenvalue weighted by Gasteiger charge is -2.24. The van der Waals surface area contributed by atoms with Gasteiger partial charge in [0.05, 0.1) is 37.9 Å². The molecule has 0 radical (unpaired) electrons. The number of unbranched alkanes of at least 4 members (excludes halogenated alkanes) is 23. The highest BCUT2D eigenvalue weighted by atomic mass is 31.2. The van der Waals surface area contributed by atoms with Crippen molar-refractivity contribution < 1.29 is 33.5 Å². The van der Waals surface area contributed by atoms with Crippen LogP contribution in [0.3, 0.4) is 0 Å². The summed E-state index contributed by atoms with van der Waals surface area (Å²) in [6, 6.07) is -0.994. The van der Waals surface area contributed by atoms with Gasteiger partial charge in [-0.2, -0.15) is 0 Å². The van der Waals surface area contributed by atoms with Crippen LogP contribution in [0.1, 0.15) is 194 Å². The SMILES string of the molecule is CCCCCCCCCCCCC/C=C/CC/C=C/C(O)C(COP(=O)(O)OCCN)NC(=O)CC(O)CCCCCCCCCCCCCC. The number of aliphatic hydroxyl groups excluding tert-OH is 2. The first-order valence-electron chi connectivity index (χ1n) is 21.0. The summed E-state index contributed by atoms with van der Waals surface area (Å²) < 4.78 is 22.0. The van der Waals surface area contributed by atoms with Gasteiger partial charge in [-0.1, -0.05) is 179 Å². The standard InChI is InChI=1S/C41H81N2O7P/c1-3-5-7-9-11-13-15-17-18-19-20-21-23-25-27-29-31-33-40(45)39(37-50-51(47,48)49-35-34-42)43-41(46)36-38(44)32-30-28-26-24-22-16-14-12-10-8-6-4-2/h23,25,31,33,38-40,44-45H,3-22,24,26-30,32,34-37,42H2,1-2H3,(H,43,46)(H,47,48)/b25-23+,33-31+. The fourth-order valence-corrected chi connectivity index (χ4v) is 6.89. The van der Waals surface area contributed by atoms with Gasteiger partial charge in [0, 0.05) is 6.54 Å². The third kappa shape index (κ3) is 35.7. The Bertz CT molecular complexity index is 873. The summed E-state index contributed by atoms with van der Waals surface area (Å²) in [6.45, 7) is 3.95. The molecule has 0 aromatic rings. The van der Waals surface area contributed by atoms with Crippen LogP contribution in [0.15, 0.2) is 24.3 Å². The maximum absolute atomic E-state index is 12.8. The molecule has 0 rings (SSSR count). The van der Waals surface area contributed by atoms with Crippen LogP contribution < -0.4 is 11.1 Å². The zero-order chi connectivity index (χ0) is 37.7. The molecule has 9 nitrogen and oxygen atoms in total. The molecule has 0 aromatic carbocycles. The lowest BCUT2D eigenvalue weighted by atomic mass is 10.0. The first-order valence-corrected chi connectivity index (χ1v) is 22.5. The Kier molecular flexibility index (Phi) is 36.5. The number of aliphatic hydroxyl groups is 2. The average molecular weight is 745 g/mol. The second-order valence-corrected chi connectivity index (χ2v) is 15.8. The number of phosphoric ester groups is 1. The van der Waals surface area contributed by atoms with Crippen molar-refractivity contribution in [3.63, 3.8) is 0 Å². The molecular formula is C41H81N2O7P. The van der Waals surface area contributed by atoms with Crippen molar-refractivity contribution >= 4 is 13.7 Å². The average Bonchev–Trinajstić information content (AvgIpc) is 3.10. The number of rotatable bonds is 39. The highest BCUT2D eigenvalue weighted by Gasteiger charge is 2.27. The molecule has 51 heavy (non-hydrogen) atoms. The molecule has 0 aliphatic heterocycles. The third-order valence-corrected chi connectivity index (χ3v) is 10.3. The minimum absolute atomic E-state index is 0.0459. The number of allylic oxidation sites excluding steroid dienone is 3. The fraction of sp³-hybridized carbons (Fsp3) is 0.878. The normalized spacial score (nSPS) is 15.0. The molecule has 302 valence electrons.